The molecule has 1 aliphatic heterocycles. The van der Waals surface area contributed by atoms with Gasteiger partial charge in [0.15, 0.2) is 6.61 Å². The Kier molecular flexibility index (Phi) is 5.46. The maximum Gasteiger partial charge on any atom is 0.262 e. The molecular formula is C22H23N3O4. The lowest BCUT2D eigenvalue weighted by Crippen LogP contribution is -2.24. The number of fused-ring (bicyclic) bond motifs is 2. The van der Waals surface area contributed by atoms with Crippen LogP contribution in [-0.2, 0) is 17.8 Å². The number of carbonyl (C=O) groups excluding carboxylic acids is 1. The number of carbonyl (C=O) groups is 1. The first-order valence-electron chi connectivity index (χ1n) is 9.74. The first kappa shape index (κ1) is 19.0. The van der Waals surface area contributed by atoms with Crippen LogP contribution in [0.4, 0.5) is 5.69 Å². The lowest BCUT2D eigenvalue weighted by atomic mass is 10.2. The normalized spacial score (nSPS) is 13.4. The fraction of sp³-hybridized carbons (Fsp3) is 0.318. The average Bonchev–Trinajstić information content (AvgIpc) is 2.99. The van der Waals surface area contributed by atoms with Crippen molar-refractivity contribution in [2.24, 2.45) is 0 Å². The van der Waals surface area contributed by atoms with Gasteiger partial charge in [0, 0.05) is 18.7 Å². The lowest BCUT2D eigenvalue weighted by Gasteiger charge is -2.11. The molecule has 150 valence electrons. The highest BCUT2D eigenvalue weighted by Crippen LogP contribution is 2.20. The van der Waals surface area contributed by atoms with Gasteiger partial charge in [-0.3, -0.25) is 14.2 Å². The van der Waals surface area contributed by atoms with Crippen molar-refractivity contribution in [3.05, 3.63) is 58.6 Å². The molecule has 0 saturated carbocycles. The number of hydrogen-bond donors (Lipinski definition) is 1. The molecule has 7 heteroatoms. The summed E-state index contributed by atoms with van der Waals surface area (Å²) in [6, 6.07) is 12.2. The van der Waals surface area contributed by atoms with Crippen LogP contribution < -0.4 is 20.3 Å². The molecule has 2 heterocycles. The first-order valence-corrected chi connectivity index (χ1v) is 9.74. The van der Waals surface area contributed by atoms with E-state index in [0.717, 1.165) is 31.5 Å². The molecule has 0 bridgehead atoms. The molecule has 0 radical (unpaired) electrons. The van der Waals surface area contributed by atoms with Gasteiger partial charge in [0.2, 0.25) is 0 Å². The molecule has 4 rings (SSSR count). The van der Waals surface area contributed by atoms with Crippen LogP contribution in [0.15, 0.2) is 47.3 Å². The largest absolute Gasteiger partial charge is 0.497 e. The Labute approximate surface area is 168 Å². The number of anilines is 1. The van der Waals surface area contributed by atoms with Crippen molar-refractivity contribution in [2.45, 2.75) is 32.2 Å². The number of methoxy groups -OCH3 is 1. The van der Waals surface area contributed by atoms with E-state index >= 15 is 0 Å². The predicted octanol–water partition coefficient (Wildman–Crippen LogP) is 3.15. The molecule has 1 N–H and O–H groups in total. The maximum absolute atomic E-state index is 12.9. The van der Waals surface area contributed by atoms with Crippen LogP contribution in [0.25, 0.3) is 10.9 Å². The van der Waals surface area contributed by atoms with Crippen molar-refractivity contribution in [3.63, 3.8) is 0 Å². The van der Waals surface area contributed by atoms with E-state index in [4.69, 9.17) is 9.47 Å². The molecule has 7 nitrogen and oxygen atoms in total. The zero-order chi connectivity index (χ0) is 20.2. The molecule has 0 aliphatic carbocycles. The van der Waals surface area contributed by atoms with E-state index in [-0.39, 0.29) is 18.1 Å². The fourth-order valence-corrected chi connectivity index (χ4v) is 3.51. The molecule has 1 aliphatic rings. The summed E-state index contributed by atoms with van der Waals surface area (Å²) in [6.45, 7) is 0.545. The summed E-state index contributed by atoms with van der Waals surface area (Å²) >= 11 is 0. The number of benzene rings is 2. The molecule has 0 saturated heterocycles. The highest BCUT2D eigenvalue weighted by molar-refractivity contribution is 5.92. The third-order valence-electron chi connectivity index (χ3n) is 5.03. The molecule has 0 atom stereocenters. The van der Waals surface area contributed by atoms with Crippen molar-refractivity contribution >= 4 is 22.5 Å². The monoisotopic (exact) mass is 393 g/mol. The van der Waals surface area contributed by atoms with E-state index in [1.54, 1.807) is 54.1 Å². The second-order valence-corrected chi connectivity index (χ2v) is 7.04. The third kappa shape index (κ3) is 4.23. The van der Waals surface area contributed by atoms with Crippen LogP contribution in [0, 0.1) is 0 Å². The van der Waals surface area contributed by atoms with Gasteiger partial charge in [-0.25, -0.2) is 4.98 Å². The summed E-state index contributed by atoms with van der Waals surface area (Å²) in [5.41, 5.74) is 1.28. The molecule has 0 spiro atoms. The number of nitrogens with one attached hydrogen (secondary N) is 1. The van der Waals surface area contributed by atoms with E-state index in [1.165, 1.54) is 0 Å². The van der Waals surface area contributed by atoms with Crippen LogP contribution in [0.1, 0.15) is 25.1 Å². The van der Waals surface area contributed by atoms with Gasteiger partial charge in [0.25, 0.3) is 11.5 Å². The number of aromatic nitrogens is 2. The summed E-state index contributed by atoms with van der Waals surface area (Å²) in [4.78, 5) is 29.7. The van der Waals surface area contributed by atoms with Crippen LogP contribution >= 0.6 is 0 Å². The van der Waals surface area contributed by atoms with Gasteiger partial charge in [-0.15, -0.1) is 0 Å². The van der Waals surface area contributed by atoms with Crippen molar-refractivity contribution in [1.82, 2.24) is 9.55 Å². The number of ether oxygens (including phenoxy) is 2. The van der Waals surface area contributed by atoms with Crippen LogP contribution in [-0.4, -0.2) is 29.2 Å². The Morgan fingerprint density at radius 2 is 1.90 bits per heavy atom. The van der Waals surface area contributed by atoms with E-state index in [0.29, 0.717) is 34.6 Å². The second kappa shape index (κ2) is 8.34. The Hall–Kier alpha value is -3.35. The number of nitrogens with zero attached hydrogens (tertiary/aromatic N) is 2. The fourth-order valence-electron chi connectivity index (χ4n) is 3.51. The van der Waals surface area contributed by atoms with Gasteiger partial charge >= 0.3 is 0 Å². The molecule has 0 unspecified atom stereocenters. The zero-order valence-corrected chi connectivity index (χ0v) is 16.3. The minimum atomic E-state index is -0.285. The smallest absolute Gasteiger partial charge is 0.262 e. The second-order valence-electron chi connectivity index (χ2n) is 7.04. The summed E-state index contributed by atoms with van der Waals surface area (Å²) in [6.07, 6.45) is 3.98. The van der Waals surface area contributed by atoms with Gasteiger partial charge in [0.1, 0.15) is 17.3 Å². The maximum atomic E-state index is 12.9. The molecule has 1 aromatic heterocycles. The van der Waals surface area contributed by atoms with Crippen LogP contribution in [0.5, 0.6) is 11.5 Å². The average molecular weight is 393 g/mol. The highest BCUT2D eigenvalue weighted by Gasteiger charge is 2.14. The number of amides is 1. The highest BCUT2D eigenvalue weighted by atomic mass is 16.5. The first-order chi connectivity index (χ1) is 14.1. The number of aryl methyl sites for hydroxylation is 1. The van der Waals surface area contributed by atoms with Crippen LogP contribution in [0.2, 0.25) is 0 Å². The summed E-state index contributed by atoms with van der Waals surface area (Å²) in [5, 5.41) is 3.28. The van der Waals surface area contributed by atoms with E-state index in [9.17, 15) is 9.59 Å². The molecule has 0 fully saturated rings. The van der Waals surface area contributed by atoms with Gasteiger partial charge < -0.3 is 14.8 Å². The van der Waals surface area contributed by atoms with Crippen molar-refractivity contribution in [2.75, 3.05) is 19.0 Å². The molecule has 3 aromatic rings. The van der Waals surface area contributed by atoms with Crippen molar-refractivity contribution in [3.8, 4) is 11.5 Å². The summed E-state index contributed by atoms with van der Waals surface area (Å²) < 4.78 is 12.5. The van der Waals surface area contributed by atoms with Crippen molar-refractivity contribution in [1.29, 1.82) is 0 Å². The van der Waals surface area contributed by atoms with E-state index in [1.807, 2.05) is 0 Å². The Morgan fingerprint density at radius 1 is 1.10 bits per heavy atom. The SMILES string of the molecule is COc1ccc(NC(=O)COc2ccc3nc4n(c(=O)c3c2)CCCCC4)cc1. The van der Waals surface area contributed by atoms with Gasteiger partial charge in [-0.1, -0.05) is 6.42 Å². The van der Waals surface area contributed by atoms with Gasteiger partial charge in [-0.05, 0) is 55.3 Å². The predicted molar refractivity (Wildman–Crippen MR) is 111 cm³/mol. The molecular weight excluding hydrogens is 370 g/mol. The molecule has 1 amide bonds. The Bertz CT molecular complexity index is 1090. The third-order valence-corrected chi connectivity index (χ3v) is 5.03. The molecule has 29 heavy (non-hydrogen) atoms. The standard InChI is InChI=1S/C22H23N3O4/c1-28-16-8-6-15(7-9-16)23-21(26)14-29-17-10-11-19-18(13-17)22(27)25-12-4-2-3-5-20(25)24-19/h6-11,13H,2-5,12,14H2,1H3,(H,23,26). The Balaban J connectivity index is 1.47. The summed E-state index contributed by atoms with van der Waals surface area (Å²) in [7, 11) is 1.59. The molecule has 2 aromatic carbocycles. The lowest BCUT2D eigenvalue weighted by molar-refractivity contribution is -0.118. The minimum Gasteiger partial charge on any atom is -0.497 e. The topological polar surface area (TPSA) is 82.4 Å². The van der Waals surface area contributed by atoms with Crippen LogP contribution in [0.3, 0.4) is 0 Å². The quantitative estimate of drug-likeness (QED) is 0.720. The Morgan fingerprint density at radius 3 is 2.69 bits per heavy atom. The van der Waals surface area contributed by atoms with E-state index in [2.05, 4.69) is 10.3 Å². The minimum absolute atomic E-state index is 0.0416. The number of rotatable bonds is 5. The van der Waals surface area contributed by atoms with Gasteiger partial charge in [0.05, 0.1) is 18.0 Å². The zero-order valence-electron chi connectivity index (χ0n) is 16.3. The van der Waals surface area contributed by atoms with Gasteiger partial charge in [-0.2, -0.15) is 0 Å². The van der Waals surface area contributed by atoms with E-state index < -0.39 is 0 Å². The summed E-state index contributed by atoms with van der Waals surface area (Å²) in [5.74, 6) is 1.75. The van der Waals surface area contributed by atoms with Crippen molar-refractivity contribution < 1.29 is 14.3 Å². The number of hydrogen-bond acceptors (Lipinski definition) is 5.